The van der Waals surface area contributed by atoms with Crippen molar-refractivity contribution < 1.29 is 24.2 Å². The summed E-state index contributed by atoms with van der Waals surface area (Å²) in [4.78, 5) is 30.4. The minimum atomic E-state index is -0.760. The van der Waals surface area contributed by atoms with E-state index in [1.807, 2.05) is 94.4 Å². The van der Waals surface area contributed by atoms with Crippen LogP contribution in [0.15, 0.2) is 66.2 Å². The lowest BCUT2D eigenvalue weighted by Gasteiger charge is -2.26. The molecule has 1 heterocycles. The number of aliphatic hydroxyl groups excluding tert-OH is 1. The van der Waals surface area contributed by atoms with Gasteiger partial charge in [-0.15, -0.1) is 0 Å². The quantitative estimate of drug-likeness (QED) is 0.246. The maximum atomic E-state index is 13.5. The van der Waals surface area contributed by atoms with Crippen LogP contribution in [-0.2, 0) is 16.1 Å². The van der Waals surface area contributed by atoms with E-state index >= 15 is 0 Å². The molecule has 3 aromatic rings. The third-order valence-corrected chi connectivity index (χ3v) is 6.82. The van der Waals surface area contributed by atoms with Crippen LogP contribution in [0.1, 0.15) is 40.8 Å². The lowest BCUT2D eigenvalue weighted by atomic mass is 9.93. The summed E-state index contributed by atoms with van der Waals surface area (Å²) in [6, 6.07) is 18.0. The number of rotatable bonds is 8. The number of ketones is 1. The van der Waals surface area contributed by atoms with Gasteiger partial charge in [0.25, 0.3) is 11.7 Å². The minimum Gasteiger partial charge on any atom is -0.507 e. The number of hydrogen-bond donors (Lipinski definition) is 1. The van der Waals surface area contributed by atoms with Gasteiger partial charge in [0.1, 0.15) is 17.3 Å². The van der Waals surface area contributed by atoms with Gasteiger partial charge in [0.2, 0.25) is 0 Å². The van der Waals surface area contributed by atoms with Gasteiger partial charge in [-0.05, 0) is 79.4 Å². The Morgan fingerprint density at radius 1 is 1.00 bits per heavy atom. The highest BCUT2D eigenvalue weighted by Crippen LogP contribution is 2.42. The number of anilines is 1. The molecule has 198 valence electrons. The van der Waals surface area contributed by atoms with Crippen LogP contribution in [0.25, 0.3) is 5.76 Å². The van der Waals surface area contributed by atoms with Crippen molar-refractivity contribution in [1.29, 1.82) is 0 Å². The van der Waals surface area contributed by atoms with Gasteiger partial charge in [-0.25, -0.2) is 0 Å². The summed E-state index contributed by atoms with van der Waals surface area (Å²) in [5.41, 5.74) is 4.66. The van der Waals surface area contributed by atoms with E-state index in [0.717, 1.165) is 27.9 Å². The number of nitrogens with zero attached hydrogens (tertiary/aromatic N) is 2. The number of Topliss-reactive ketones (excluding diaryl/α,β-unsaturated/α-hetero) is 1. The standard InChI is InChI=1S/C31H34N2O5/c1-7-38-24-10-8-9-21(17-24)18-33-28(22-11-13-23(14-12-22)32(4)5)27(30(35)31(33)36)29(34)25-15-20(3)26(37-6)16-19(25)2/h8-17,28,34H,7,18H2,1-6H3/b29-27+. The fourth-order valence-electron chi connectivity index (χ4n) is 4.85. The van der Waals surface area contributed by atoms with Gasteiger partial charge in [-0.1, -0.05) is 24.3 Å². The molecule has 38 heavy (non-hydrogen) atoms. The smallest absolute Gasteiger partial charge is 0.295 e. The van der Waals surface area contributed by atoms with E-state index in [1.54, 1.807) is 13.2 Å². The van der Waals surface area contributed by atoms with Crippen LogP contribution in [0.5, 0.6) is 11.5 Å². The summed E-state index contributed by atoms with van der Waals surface area (Å²) >= 11 is 0. The first-order valence-corrected chi connectivity index (χ1v) is 12.6. The molecule has 1 fully saturated rings. The number of likely N-dealkylation sites (tertiary alicyclic amines) is 1. The molecule has 3 aromatic carbocycles. The SMILES string of the molecule is CCOc1cccc(CN2C(=O)C(=O)/C(=C(/O)c3cc(C)c(OC)cc3C)C2c2ccc(N(C)C)cc2)c1. The average Bonchev–Trinajstić information content (AvgIpc) is 3.14. The van der Waals surface area contributed by atoms with E-state index < -0.39 is 17.7 Å². The molecule has 1 aliphatic rings. The summed E-state index contributed by atoms with van der Waals surface area (Å²) in [5.74, 6) is -0.183. The topological polar surface area (TPSA) is 79.3 Å². The number of amides is 1. The Bertz CT molecular complexity index is 1390. The Hall–Kier alpha value is -4.26. The lowest BCUT2D eigenvalue weighted by molar-refractivity contribution is -0.140. The van der Waals surface area contributed by atoms with Crippen molar-refractivity contribution in [3.05, 3.63) is 94.1 Å². The molecule has 1 aliphatic heterocycles. The van der Waals surface area contributed by atoms with Crippen molar-refractivity contribution >= 4 is 23.1 Å². The van der Waals surface area contributed by atoms with E-state index in [-0.39, 0.29) is 17.9 Å². The molecule has 7 heteroatoms. The van der Waals surface area contributed by atoms with E-state index in [2.05, 4.69) is 0 Å². The Morgan fingerprint density at radius 2 is 1.71 bits per heavy atom. The highest BCUT2D eigenvalue weighted by molar-refractivity contribution is 6.46. The molecule has 0 radical (unpaired) electrons. The Kier molecular flexibility index (Phi) is 7.76. The van der Waals surface area contributed by atoms with Crippen LogP contribution in [0.4, 0.5) is 5.69 Å². The molecular weight excluding hydrogens is 480 g/mol. The van der Waals surface area contributed by atoms with Crippen molar-refractivity contribution in [3.63, 3.8) is 0 Å². The Labute approximate surface area is 223 Å². The van der Waals surface area contributed by atoms with Gasteiger partial charge in [0.15, 0.2) is 0 Å². The van der Waals surface area contributed by atoms with Crippen molar-refractivity contribution in [1.82, 2.24) is 4.90 Å². The molecule has 4 rings (SSSR count). The molecule has 1 atom stereocenters. The largest absolute Gasteiger partial charge is 0.507 e. The Balaban J connectivity index is 1.87. The fraction of sp³-hybridized carbons (Fsp3) is 0.290. The summed E-state index contributed by atoms with van der Waals surface area (Å²) in [5, 5.41) is 11.6. The number of methoxy groups -OCH3 is 1. The first kappa shape index (κ1) is 26.8. The molecule has 0 aromatic heterocycles. The fourth-order valence-corrected chi connectivity index (χ4v) is 4.85. The van der Waals surface area contributed by atoms with Crippen molar-refractivity contribution in [3.8, 4) is 11.5 Å². The maximum Gasteiger partial charge on any atom is 0.295 e. The van der Waals surface area contributed by atoms with Crippen LogP contribution >= 0.6 is 0 Å². The number of carbonyl (C=O) groups excluding carboxylic acids is 2. The number of hydrogen-bond acceptors (Lipinski definition) is 6. The van der Waals surface area contributed by atoms with E-state index in [1.165, 1.54) is 4.90 Å². The first-order valence-electron chi connectivity index (χ1n) is 12.6. The first-order chi connectivity index (χ1) is 18.2. The van der Waals surface area contributed by atoms with Gasteiger partial charge in [-0.2, -0.15) is 0 Å². The minimum absolute atomic E-state index is 0.0706. The van der Waals surface area contributed by atoms with Gasteiger partial charge >= 0.3 is 0 Å². The molecule has 1 saturated heterocycles. The third kappa shape index (κ3) is 5.09. The number of aryl methyl sites for hydroxylation is 2. The number of benzene rings is 3. The molecule has 0 saturated carbocycles. The second kappa shape index (κ2) is 11.0. The summed E-state index contributed by atoms with van der Waals surface area (Å²) in [6.45, 7) is 6.32. The summed E-state index contributed by atoms with van der Waals surface area (Å²) in [6.07, 6.45) is 0. The Morgan fingerprint density at radius 3 is 2.34 bits per heavy atom. The van der Waals surface area contributed by atoms with Gasteiger partial charge < -0.3 is 24.4 Å². The summed E-state index contributed by atoms with van der Waals surface area (Å²) < 4.78 is 11.0. The van der Waals surface area contributed by atoms with Gasteiger partial charge in [0.05, 0.1) is 25.3 Å². The molecule has 0 aliphatic carbocycles. The predicted molar refractivity (Wildman–Crippen MR) is 149 cm³/mol. The highest BCUT2D eigenvalue weighted by atomic mass is 16.5. The van der Waals surface area contributed by atoms with Crippen LogP contribution in [-0.4, -0.2) is 49.5 Å². The van der Waals surface area contributed by atoms with Crippen LogP contribution in [0.3, 0.4) is 0 Å². The molecular formula is C31H34N2O5. The van der Waals surface area contributed by atoms with Gasteiger partial charge in [0, 0.05) is 31.9 Å². The monoisotopic (exact) mass is 514 g/mol. The zero-order valence-electron chi connectivity index (χ0n) is 22.7. The molecule has 7 nitrogen and oxygen atoms in total. The van der Waals surface area contributed by atoms with Gasteiger partial charge in [-0.3, -0.25) is 9.59 Å². The average molecular weight is 515 g/mol. The van der Waals surface area contributed by atoms with Crippen LogP contribution in [0, 0.1) is 13.8 Å². The normalized spacial score (nSPS) is 16.6. The number of ether oxygens (including phenoxy) is 2. The second-order valence-electron chi connectivity index (χ2n) is 9.63. The van der Waals surface area contributed by atoms with E-state index in [0.29, 0.717) is 23.7 Å². The van der Waals surface area contributed by atoms with Crippen molar-refractivity contribution in [2.45, 2.75) is 33.4 Å². The number of carbonyl (C=O) groups is 2. The van der Waals surface area contributed by atoms with Crippen LogP contribution in [0.2, 0.25) is 0 Å². The molecule has 1 N–H and O–H groups in total. The highest BCUT2D eigenvalue weighted by Gasteiger charge is 2.46. The number of aliphatic hydroxyl groups is 1. The molecule has 0 bridgehead atoms. The lowest BCUT2D eigenvalue weighted by Crippen LogP contribution is -2.29. The molecule has 0 spiro atoms. The molecule has 1 unspecified atom stereocenters. The maximum absolute atomic E-state index is 13.5. The second-order valence-corrected chi connectivity index (χ2v) is 9.63. The van der Waals surface area contributed by atoms with Crippen LogP contribution < -0.4 is 14.4 Å². The van der Waals surface area contributed by atoms with Crippen molar-refractivity contribution in [2.75, 3.05) is 32.7 Å². The van der Waals surface area contributed by atoms with E-state index in [4.69, 9.17) is 9.47 Å². The molecule has 1 amide bonds. The predicted octanol–water partition coefficient (Wildman–Crippen LogP) is 5.40. The third-order valence-electron chi connectivity index (χ3n) is 6.82. The van der Waals surface area contributed by atoms with Crippen molar-refractivity contribution in [2.24, 2.45) is 0 Å². The summed E-state index contributed by atoms with van der Waals surface area (Å²) in [7, 11) is 5.48. The zero-order valence-corrected chi connectivity index (χ0v) is 22.7. The zero-order chi connectivity index (χ0) is 27.6. The van der Waals surface area contributed by atoms with E-state index in [9.17, 15) is 14.7 Å².